The zero-order chi connectivity index (χ0) is 5.11. The van der Waals surface area contributed by atoms with E-state index in [4.69, 9.17) is 5.90 Å². The monoisotopic (exact) mass is 100 g/mol. The van der Waals surface area contributed by atoms with Gasteiger partial charge in [-0.25, -0.2) is 0 Å². The second-order valence-electron chi connectivity index (χ2n) is 2.02. The smallest absolute Gasteiger partial charge is 0.0807 e. The Bertz CT molecular complexity index is 50.0. The fraction of sp³-hybridized carbons (Fsp3) is 1.00. The number of rotatable bonds is 1. The Labute approximate surface area is 43.6 Å². The van der Waals surface area contributed by atoms with Crippen LogP contribution in [0.15, 0.2) is 0 Å². The maximum Gasteiger partial charge on any atom is 0.0807 e. The van der Waals surface area contributed by atoms with Crippen molar-refractivity contribution < 1.29 is 4.84 Å². The molecule has 2 heteroatoms. The molecule has 0 aromatic heterocycles. The summed E-state index contributed by atoms with van der Waals surface area (Å²) in [6, 6.07) is 0. The zero-order valence-electron chi connectivity index (χ0n) is 4.31. The van der Waals surface area contributed by atoms with Crippen molar-refractivity contribution in [1.82, 2.24) is 5.90 Å². The largest absolute Gasteiger partial charge is 0.282 e. The highest BCUT2D eigenvalue weighted by Gasteiger charge is 2.13. The second kappa shape index (κ2) is 2.28. The van der Waals surface area contributed by atoms with Crippen molar-refractivity contribution in [3.05, 3.63) is 0 Å². The van der Waals surface area contributed by atoms with Crippen LogP contribution in [0.25, 0.3) is 0 Å². The van der Waals surface area contributed by atoms with Crippen molar-refractivity contribution in [3.8, 4) is 0 Å². The standard InChI is InChI=1S/C5H10NO/c6-7-5-3-1-2-4-5/h5-6H,1-4H2. The van der Waals surface area contributed by atoms with E-state index in [0.717, 1.165) is 12.8 Å². The summed E-state index contributed by atoms with van der Waals surface area (Å²) in [5.74, 6) is 6.50. The van der Waals surface area contributed by atoms with E-state index in [9.17, 15) is 0 Å². The molecule has 1 aliphatic rings. The van der Waals surface area contributed by atoms with Crippen LogP contribution >= 0.6 is 0 Å². The molecule has 0 aromatic rings. The molecule has 0 spiro atoms. The Balaban J connectivity index is 2.14. The molecule has 1 N–H and O–H groups in total. The predicted octanol–water partition coefficient (Wildman–Crippen LogP) is 1.14. The van der Waals surface area contributed by atoms with Gasteiger partial charge in [0.1, 0.15) is 0 Å². The molecule has 1 fully saturated rings. The maximum absolute atomic E-state index is 6.50. The molecule has 0 aliphatic heterocycles. The van der Waals surface area contributed by atoms with Crippen LogP contribution in [0.3, 0.4) is 0 Å². The fourth-order valence-electron chi connectivity index (χ4n) is 1.01. The zero-order valence-corrected chi connectivity index (χ0v) is 4.31. The van der Waals surface area contributed by atoms with Crippen LogP contribution in [0.1, 0.15) is 25.7 Å². The van der Waals surface area contributed by atoms with Crippen LogP contribution in [-0.4, -0.2) is 6.10 Å². The van der Waals surface area contributed by atoms with E-state index >= 15 is 0 Å². The lowest BCUT2D eigenvalue weighted by molar-refractivity contribution is 0.0424. The van der Waals surface area contributed by atoms with E-state index in [2.05, 4.69) is 4.84 Å². The van der Waals surface area contributed by atoms with Crippen LogP contribution in [-0.2, 0) is 4.84 Å². The third-order valence-electron chi connectivity index (χ3n) is 1.47. The van der Waals surface area contributed by atoms with E-state index in [0.29, 0.717) is 0 Å². The molecular weight excluding hydrogens is 90.1 g/mol. The van der Waals surface area contributed by atoms with Crippen LogP contribution < -0.4 is 5.90 Å². The predicted molar refractivity (Wildman–Crippen MR) is 26.4 cm³/mol. The lowest BCUT2D eigenvalue weighted by Gasteiger charge is -1.99. The van der Waals surface area contributed by atoms with E-state index < -0.39 is 0 Å². The first-order valence-corrected chi connectivity index (χ1v) is 2.76. The van der Waals surface area contributed by atoms with Gasteiger partial charge < -0.3 is 0 Å². The summed E-state index contributed by atoms with van der Waals surface area (Å²) in [5.41, 5.74) is 0. The van der Waals surface area contributed by atoms with Gasteiger partial charge in [-0.3, -0.25) is 4.84 Å². The van der Waals surface area contributed by atoms with Gasteiger partial charge >= 0.3 is 0 Å². The number of hydrogen-bond donors (Lipinski definition) is 0. The summed E-state index contributed by atoms with van der Waals surface area (Å²) in [7, 11) is 0. The van der Waals surface area contributed by atoms with Gasteiger partial charge in [-0.2, -0.15) is 0 Å². The van der Waals surface area contributed by atoms with Gasteiger partial charge in [-0.05, 0) is 12.8 Å². The molecule has 1 radical (unpaired) electrons. The van der Waals surface area contributed by atoms with Gasteiger partial charge in [0, 0.05) is 0 Å². The molecule has 0 unspecified atom stereocenters. The van der Waals surface area contributed by atoms with Crippen LogP contribution in [0, 0.1) is 0 Å². The summed E-state index contributed by atoms with van der Waals surface area (Å²) in [5, 5.41) is 0. The van der Waals surface area contributed by atoms with Crippen molar-refractivity contribution in [2.75, 3.05) is 0 Å². The molecule has 0 bridgehead atoms. The molecule has 0 atom stereocenters. The first-order valence-electron chi connectivity index (χ1n) is 2.76. The van der Waals surface area contributed by atoms with Gasteiger partial charge in [0.15, 0.2) is 0 Å². The minimum absolute atomic E-state index is 0.264. The molecule has 0 saturated heterocycles. The van der Waals surface area contributed by atoms with Crippen molar-refractivity contribution >= 4 is 0 Å². The maximum atomic E-state index is 6.50. The highest BCUT2D eigenvalue weighted by Crippen LogP contribution is 2.19. The molecule has 0 aromatic carbocycles. The average Bonchev–Trinajstić information content (AvgIpc) is 2.14. The average molecular weight is 100 g/mol. The van der Waals surface area contributed by atoms with Gasteiger partial charge in [-0.1, -0.05) is 12.8 Å². The number of nitrogens with one attached hydrogen (secondary N) is 1. The summed E-state index contributed by atoms with van der Waals surface area (Å²) >= 11 is 0. The molecule has 7 heavy (non-hydrogen) atoms. The van der Waals surface area contributed by atoms with Crippen molar-refractivity contribution in [2.45, 2.75) is 31.8 Å². The Morgan fingerprint density at radius 2 is 1.86 bits per heavy atom. The molecule has 41 valence electrons. The minimum atomic E-state index is 0.264. The fourth-order valence-corrected chi connectivity index (χ4v) is 1.01. The molecular formula is C5H10NO. The minimum Gasteiger partial charge on any atom is -0.282 e. The molecule has 2 nitrogen and oxygen atoms in total. The first-order chi connectivity index (χ1) is 3.43. The SMILES string of the molecule is [NH]OC1CCCC1. The normalized spacial score (nSPS) is 23.6. The lowest BCUT2D eigenvalue weighted by Crippen LogP contribution is -2.03. The summed E-state index contributed by atoms with van der Waals surface area (Å²) in [6.45, 7) is 0. The van der Waals surface area contributed by atoms with E-state index in [1.807, 2.05) is 0 Å². The van der Waals surface area contributed by atoms with Crippen molar-refractivity contribution in [3.63, 3.8) is 0 Å². The first kappa shape index (κ1) is 5.06. The molecule has 1 aliphatic carbocycles. The third kappa shape index (κ3) is 1.14. The summed E-state index contributed by atoms with van der Waals surface area (Å²) in [4.78, 5) is 4.36. The van der Waals surface area contributed by atoms with Crippen molar-refractivity contribution in [2.24, 2.45) is 0 Å². The molecule has 0 amide bonds. The van der Waals surface area contributed by atoms with Crippen LogP contribution in [0.2, 0.25) is 0 Å². The second-order valence-corrected chi connectivity index (χ2v) is 2.02. The molecule has 0 heterocycles. The van der Waals surface area contributed by atoms with E-state index in [1.54, 1.807) is 0 Å². The quantitative estimate of drug-likeness (QED) is 0.455. The van der Waals surface area contributed by atoms with Crippen LogP contribution in [0.4, 0.5) is 0 Å². The van der Waals surface area contributed by atoms with E-state index in [-0.39, 0.29) is 6.10 Å². The molecule has 1 saturated carbocycles. The molecule has 1 rings (SSSR count). The van der Waals surface area contributed by atoms with Gasteiger partial charge in [0.05, 0.1) is 6.10 Å². The topological polar surface area (TPSA) is 33.0 Å². The van der Waals surface area contributed by atoms with Gasteiger partial charge in [0.25, 0.3) is 0 Å². The summed E-state index contributed by atoms with van der Waals surface area (Å²) in [6.07, 6.45) is 4.97. The summed E-state index contributed by atoms with van der Waals surface area (Å²) < 4.78 is 0. The Morgan fingerprint density at radius 1 is 1.29 bits per heavy atom. The third-order valence-corrected chi connectivity index (χ3v) is 1.47. The van der Waals surface area contributed by atoms with E-state index in [1.165, 1.54) is 12.8 Å². The Morgan fingerprint density at radius 3 is 2.14 bits per heavy atom. The number of hydrogen-bond acceptors (Lipinski definition) is 1. The van der Waals surface area contributed by atoms with Gasteiger partial charge in [0.2, 0.25) is 0 Å². The van der Waals surface area contributed by atoms with Crippen LogP contribution in [0.5, 0.6) is 0 Å². The van der Waals surface area contributed by atoms with Crippen molar-refractivity contribution in [1.29, 1.82) is 0 Å². The Hall–Kier alpha value is -0.0800. The van der Waals surface area contributed by atoms with Gasteiger partial charge in [-0.15, -0.1) is 5.90 Å². The lowest BCUT2D eigenvalue weighted by atomic mass is 10.3. The highest BCUT2D eigenvalue weighted by molar-refractivity contribution is 4.64. The Kier molecular flexibility index (Phi) is 1.65. The highest BCUT2D eigenvalue weighted by atomic mass is 16.6.